The van der Waals surface area contributed by atoms with Gasteiger partial charge in [-0.3, -0.25) is 0 Å². The molecular weight excluding hydrogens is 304 g/mol. The Balaban J connectivity index is 2.30. The predicted molar refractivity (Wildman–Crippen MR) is 96.0 cm³/mol. The first-order chi connectivity index (χ1) is 11.7. The summed E-state index contributed by atoms with van der Waals surface area (Å²) in [6, 6.07) is 7.29. The molecule has 4 heteroatoms. The molecule has 0 aromatic heterocycles. The lowest BCUT2D eigenvalue weighted by atomic mass is 10.1. The maximum absolute atomic E-state index is 11.2. The summed E-state index contributed by atoms with van der Waals surface area (Å²) in [5, 5.41) is 10.0. The van der Waals surface area contributed by atoms with Crippen LogP contribution in [0.2, 0.25) is 0 Å². The number of aliphatic hydroxyl groups is 1. The number of aliphatic hydroxyl groups excluding tert-OH is 1. The lowest BCUT2D eigenvalue weighted by molar-refractivity contribution is -0.137. The minimum absolute atomic E-state index is 0.323. The molecule has 0 amide bonds. The summed E-state index contributed by atoms with van der Waals surface area (Å²) in [5.41, 5.74) is 0.711. The summed E-state index contributed by atoms with van der Waals surface area (Å²) in [4.78, 5) is 11.2. The van der Waals surface area contributed by atoms with Crippen LogP contribution in [-0.2, 0) is 9.53 Å². The number of hydrogen-bond acceptors (Lipinski definition) is 4. The summed E-state index contributed by atoms with van der Waals surface area (Å²) in [7, 11) is 0. The van der Waals surface area contributed by atoms with E-state index in [0.29, 0.717) is 12.2 Å². The van der Waals surface area contributed by atoms with Gasteiger partial charge in [0.05, 0.1) is 19.3 Å². The quantitative estimate of drug-likeness (QED) is 0.345. The third-order valence-electron chi connectivity index (χ3n) is 3.69. The summed E-state index contributed by atoms with van der Waals surface area (Å²) in [6.07, 6.45) is 9.27. The molecule has 0 bridgehead atoms. The van der Waals surface area contributed by atoms with E-state index < -0.39 is 12.1 Å². The number of carbonyl (C=O) groups is 1. The molecule has 4 nitrogen and oxygen atoms in total. The van der Waals surface area contributed by atoms with E-state index in [2.05, 4.69) is 6.92 Å². The van der Waals surface area contributed by atoms with Crippen LogP contribution in [0.5, 0.6) is 5.75 Å². The zero-order chi connectivity index (χ0) is 17.6. The van der Waals surface area contributed by atoms with Crippen molar-refractivity contribution in [2.45, 2.75) is 58.5 Å². The van der Waals surface area contributed by atoms with Crippen LogP contribution >= 0.6 is 0 Å². The molecule has 0 saturated heterocycles. The van der Waals surface area contributed by atoms with Gasteiger partial charge in [-0.1, -0.05) is 51.2 Å². The highest BCUT2D eigenvalue weighted by atomic mass is 16.5. The van der Waals surface area contributed by atoms with Crippen LogP contribution in [0.3, 0.4) is 0 Å². The van der Waals surface area contributed by atoms with Gasteiger partial charge in [-0.05, 0) is 37.1 Å². The van der Waals surface area contributed by atoms with E-state index in [1.807, 2.05) is 12.1 Å². The smallest absolute Gasteiger partial charge is 0.330 e. The van der Waals surface area contributed by atoms with Crippen molar-refractivity contribution in [1.82, 2.24) is 0 Å². The molecule has 1 unspecified atom stereocenters. The lowest BCUT2D eigenvalue weighted by Gasteiger charge is -2.09. The second kappa shape index (κ2) is 12.6. The van der Waals surface area contributed by atoms with Crippen LogP contribution < -0.4 is 4.74 Å². The SMILES string of the molecule is CCCCCCCCOc1ccc(C(O)C=CC(=O)OCC)cc1. The summed E-state index contributed by atoms with van der Waals surface area (Å²) < 4.78 is 10.5. The monoisotopic (exact) mass is 334 g/mol. The zero-order valence-electron chi connectivity index (χ0n) is 14.9. The van der Waals surface area contributed by atoms with Crippen LogP contribution in [0.15, 0.2) is 36.4 Å². The van der Waals surface area contributed by atoms with Crippen molar-refractivity contribution in [1.29, 1.82) is 0 Å². The molecule has 0 aliphatic rings. The van der Waals surface area contributed by atoms with Crippen molar-refractivity contribution in [2.75, 3.05) is 13.2 Å². The third-order valence-corrected chi connectivity index (χ3v) is 3.69. The number of carbonyl (C=O) groups excluding carboxylic acids is 1. The van der Waals surface area contributed by atoms with E-state index in [9.17, 15) is 9.90 Å². The molecule has 0 aliphatic heterocycles. The Kier molecular flexibility index (Phi) is 10.6. The first-order valence-corrected chi connectivity index (χ1v) is 8.93. The van der Waals surface area contributed by atoms with Gasteiger partial charge in [0.2, 0.25) is 0 Å². The molecule has 1 aromatic rings. The molecule has 0 radical (unpaired) electrons. The standard InChI is InChI=1S/C20H30O4/c1-3-5-6-7-8-9-16-24-18-12-10-17(11-13-18)19(21)14-15-20(22)23-4-2/h10-15,19,21H,3-9,16H2,1-2H3. The molecule has 1 N–H and O–H groups in total. The van der Waals surface area contributed by atoms with E-state index in [0.717, 1.165) is 18.8 Å². The first-order valence-electron chi connectivity index (χ1n) is 8.93. The van der Waals surface area contributed by atoms with Crippen molar-refractivity contribution < 1.29 is 19.4 Å². The maximum Gasteiger partial charge on any atom is 0.330 e. The Labute approximate surface area is 145 Å². The number of hydrogen-bond donors (Lipinski definition) is 1. The number of unbranched alkanes of at least 4 members (excludes halogenated alkanes) is 5. The van der Waals surface area contributed by atoms with Crippen LogP contribution in [-0.4, -0.2) is 24.3 Å². The van der Waals surface area contributed by atoms with Gasteiger partial charge in [0.15, 0.2) is 0 Å². The Hall–Kier alpha value is -1.81. The highest BCUT2D eigenvalue weighted by Crippen LogP contribution is 2.19. The molecule has 134 valence electrons. The van der Waals surface area contributed by atoms with Crippen molar-refractivity contribution in [3.8, 4) is 5.75 Å². The normalized spacial score (nSPS) is 12.3. The van der Waals surface area contributed by atoms with Gasteiger partial charge in [0.1, 0.15) is 5.75 Å². The van der Waals surface area contributed by atoms with Crippen molar-refractivity contribution in [3.63, 3.8) is 0 Å². The highest BCUT2D eigenvalue weighted by Gasteiger charge is 2.05. The van der Waals surface area contributed by atoms with Gasteiger partial charge in [-0.15, -0.1) is 0 Å². The summed E-state index contributed by atoms with van der Waals surface area (Å²) in [5.74, 6) is 0.351. The topological polar surface area (TPSA) is 55.8 Å². The third kappa shape index (κ3) is 8.73. The number of ether oxygens (including phenoxy) is 2. The van der Waals surface area contributed by atoms with Gasteiger partial charge in [0.25, 0.3) is 0 Å². The lowest BCUT2D eigenvalue weighted by Crippen LogP contribution is -2.01. The van der Waals surface area contributed by atoms with Crippen molar-refractivity contribution >= 4 is 5.97 Å². The minimum Gasteiger partial charge on any atom is -0.494 e. The Morgan fingerprint density at radius 1 is 1.08 bits per heavy atom. The summed E-state index contributed by atoms with van der Waals surface area (Å²) >= 11 is 0. The van der Waals surface area contributed by atoms with E-state index in [1.54, 1.807) is 19.1 Å². The second-order valence-corrected chi connectivity index (χ2v) is 5.74. The van der Waals surface area contributed by atoms with E-state index in [4.69, 9.17) is 9.47 Å². The second-order valence-electron chi connectivity index (χ2n) is 5.74. The number of rotatable bonds is 12. The van der Waals surface area contributed by atoms with E-state index in [1.165, 1.54) is 44.3 Å². The molecule has 1 atom stereocenters. The largest absolute Gasteiger partial charge is 0.494 e. The average molecular weight is 334 g/mol. The van der Waals surface area contributed by atoms with Gasteiger partial charge in [0, 0.05) is 6.08 Å². The summed E-state index contributed by atoms with van der Waals surface area (Å²) in [6.45, 7) is 5.00. The molecule has 0 aliphatic carbocycles. The Morgan fingerprint density at radius 3 is 2.42 bits per heavy atom. The van der Waals surface area contributed by atoms with Crippen LogP contribution in [0.1, 0.15) is 64.0 Å². The van der Waals surface area contributed by atoms with Gasteiger partial charge in [-0.2, -0.15) is 0 Å². The van der Waals surface area contributed by atoms with Gasteiger partial charge < -0.3 is 14.6 Å². The average Bonchev–Trinajstić information content (AvgIpc) is 2.59. The Morgan fingerprint density at radius 2 is 1.75 bits per heavy atom. The van der Waals surface area contributed by atoms with E-state index >= 15 is 0 Å². The van der Waals surface area contributed by atoms with E-state index in [-0.39, 0.29) is 0 Å². The zero-order valence-corrected chi connectivity index (χ0v) is 14.9. The van der Waals surface area contributed by atoms with Crippen LogP contribution in [0.4, 0.5) is 0 Å². The van der Waals surface area contributed by atoms with Crippen molar-refractivity contribution in [2.24, 2.45) is 0 Å². The van der Waals surface area contributed by atoms with Crippen molar-refractivity contribution in [3.05, 3.63) is 42.0 Å². The molecule has 1 aromatic carbocycles. The molecule has 24 heavy (non-hydrogen) atoms. The van der Waals surface area contributed by atoms with Crippen LogP contribution in [0.25, 0.3) is 0 Å². The van der Waals surface area contributed by atoms with Crippen LogP contribution in [0, 0.1) is 0 Å². The Bertz CT molecular complexity index is 479. The van der Waals surface area contributed by atoms with Gasteiger partial charge in [-0.25, -0.2) is 4.79 Å². The predicted octanol–water partition coefficient (Wildman–Crippen LogP) is 4.58. The molecular formula is C20H30O4. The maximum atomic E-state index is 11.2. The van der Waals surface area contributed by atoms with Gasteiger partial charge >= 0.3 is 5.97 Å². The number of benzene rings is 1. The molecule has 0 spiro atoms. The fourth-order valence-electron chi connectivity index (χ4n) is 2.30. The fourth-order valence-corrected chi connectivity index (χ4v) is 2.30. The molecule has 1 rings (SSSR count). The highest BCUT2D eigenvalue weighted by molar-refractivity contribution is 5.81. The molecule has 0 fully saturated rings. The minimum atomic E-state index is -0.831. The first kappa shape index (κ1) is 20.2. The molecule has 0 saturated carbocycles. The fraction of sp³-hybridized carbons (Fsp3) is 0.550. The number of esters is 1. The molecule has 0 heterocycles.